The van der Waals surface area contributed by atoms with Gasteiger partial charge in [0.25, 0.3) is 0 Å². The molecule has 0 aliphatic carbocycles. The van der Waals surface area contributed by atoms with Crippen LogP contribution in [-0.4, -0.2) is 0 Å². The first-order chi connectivity index (χ1) is 2.00. The molecule has 1 radical (unpaired) electrons. The Bertz CT molecular complexity index is 53.7. The van der Waals surface area contributed by atoms with Crippen molar-refractivity contribution in [3.05, 3.63) is 0 Å². The second-order valence-corrected chi connectivity index (χ2v) is 1.34. The summed E-state index contributed by atoms with van der Waals surface area (Å²) in [6.07, 6.45) is 0. The van der Waals surface area contributed by atoms with Crippen LogP contribution in [0.15, 0.2) is 0 Å². The van der Waals surface area contributed by atoms with Gasteiger partial charge in [-0.25, -0.2) is 0 Å². The molecular weight excluding hydrogens is 252 g/mol. The molecule has 0 heterocycles. The molecule has 0 bridgehead atoms. The van der Waals surface area contributed by atoms with Crippen LogP contribution in [0.4, 0.5) is 0 Å². The zero-order chi connectivity index (χ0) is 4.50. The molecule has 0 N–H and O–H groups in total. The number of rotatable bonds is 0. The molecule has 0 aromatic carbocycles. The summed E-state index contributed by atoms with van der Waals surface area (Å²) >= 11 is 0. The van der Waals surface area contributed by atoms with E-state index in [0.29, 0.717) is 0 Å². The molecule has 0 aliphatic heterocycles. The van der Waals surface area contributed by atoms with E-state index in [9.17, 15) is 0 Å². The van der Waals surface area contributed by atoms with Gasteiger partial charge in [-0.1, -0.05) is 0 Å². The van der Waals surface area contributed by atoms with Gasteiger partial charge in [0, 0.05) is 0 Å². The largest absolute Gasteiger partial charge is 3.00 e. The van der Waals surface area contributed by atoms with E-state index >= 15 is 0 Å². The van der Waals surface area contributed by atoms with Crippen LogP contribution in [0.2, 0.25) is 0 Å². The molecule has 6 heavy (non-hydrogen) atoms. The third-order valence-corrected chi connectivity index (χ3v) is 0. The van der Waals surface area contributed by atoms with Gasteiger partial charge >= 0.3 is 39.9 Å². The SMILES string of the molecule is O=P([O-])([O-])[O-].[Gd+3]. The van der Waals surface area contributed by atoms with E-state index in [-0.39, 0.29) is 39.9 Å². The maximum atomic E-state index is 8.55. The van der Waals surface area contributed by atoms with Crippen LogP contribution >= 0.6 is 7.82 Å². The third-order valence-electron chi connectivity index (χ3n) is 0. The molecule has 0 fully saturated rings. The Kier molecular flexibility index (Phi) is 5.97. The number of hydrogen-bond acceptors (Lipinski definition) is 4. The molecule has 0 saturated heterocycles. The van der Waals surface area contributed by atoms with Gasteiger partial charge in [0.1, 0.15) is 0 Å². The molecule has 6 heteroatoms. The minimum absolute atomic E-state index is 0. The van der Waals surface area contributed by atoms with Crippen molar-refractivity contribution in [1.82, 2.24) is 0 Å². The van der Waals surface area contributed by atoms with E-state index in [2.05, 4.69) is 0 Å². The van der Waals surface area contributed by atoms with Crippen molar-refractivity contribution in [1.29, 1.82) is 0 Å². The van der Waals surface area contributed by atoms with Crippen LogP contribution in [0, 0.1) is 39.9 Å². The topological polar surface area (TPSA) is 86.2 Å². The monoisotopic (exact) mass is 253 g/mol. The summed E-state index contributed by atoms with van der Waals surface area (Å²) in [5, 5.41) is 0. The number of phosphoric acid groups is 1. The average molecular weight is 252 g/mol. The molecule has 0 atom stereocenters. The van der Waals surface area contributed by atoms with Crippen molar-refractivity contribution < 1.29 is 59.2 Å². The summed E-state index contributed by atoms with van der Waals surface area (Å²) in [5.74, 6) is 0. The van der Waals surface area contributed by atoms with Crippen molar-refractivity contribution in [2.45, 2.75) is 0 Å². The van der Waals surface area contributed by atoms with E-state index in [0.717, 1.165) is 0 Å². The van der Waals surface area contributed by atoms with Gasteiger partial charge in [0.2, 0.25) is 0 Å². The summed E-state index contributed by atoms with van der Waals surface area (Å²) in [6.45, 7) is 0. The van der Waals surface area contributed by atoms with Gasteiger partial charge in [0.05, 0.1) is 0 Å². The van der Waals surface area contributed by atoms with E-state index in [1.807, 2.05) is 0 Å². The van der Waals surface area contributed by atoms with Crippen molar-refractivity contribution in [3.63, 3.8) is 0 Å². The Morgan fingerprint density at radius 1 is 1.17 bits per heavy atom. The smallest absolute Gasteiger partial charge is 0.822 e. The summed E-state index contributed by atoms with van der Waals surface area (Å²) in [5.41, 5.74) is 0. The molecule has 0 saturated carbocycles. The fourth-order valence-electron chi connectivity index (χ4n) is 0. The second kappa shape index (κ2) is 3.44. The van der Waals surface area contributed by atoms with Crippen LogP contribution < -0.4 is 14.7 Å². The third kappa shape index (κ3) is 51.9. The van der Waals surface area contributed by atoms with Crippen molar-refractivity contribution in [2.75, 3.05) is 0 Å². The van der Waals surface area contributed by atoms with Gasteiger partial charge < -0.3 is 19.2 Å². The van der Waals surface area contributed by atoms with Gasteiger partial charge in [-0.2, -0.15) is 7.82 Å². The van der Waals surface area contributed by atoms with Crippen LogP contribution in [0.5, 0.6) is 0 Å². The summed E-state index contributed by atoms with van der Waals surface area (Å²) < 4.78 is 8.55. The Balaban J connectivity index is 0. The van der Waals surface area contributed by atoms with Crippen LogP contribution in [0.3, 0.4) is 0 Å². The summed E-state index contributed by atoms with van der Waals surface area (Å²) in [6, 6.07) is 0. The fourth-order valence-corrected chi connectivity index (χ4v) is 0. The van der Waals surface area contributed by atoms with Gasteiger partial charge in [-0.05, 0) is 0 Å². The molecule has 0 amide bonds. The molecular formula is GdO4P. The first kappa shape index (κ1) is 10.4. The van der Waals surface area contributed by atoms with Crippen LogP contribution in [-0.2, 0) is 4.57 Å². The van der Waals surface area contributed by atoms with Crippen LogP contribution in [0.1, 0.15) is 0 Å². The molecule has 0 unspecified atom stereocenters. The van der Waals surface area contributed by atoms with E-state index in [1.165, 1.54) is 0 Å². The van der Waals surface area contributed by atoms with Gasteiger partial charge in [-0.15, -0.1) is 0 Å². The summed E-state index contributed by atoms with van der Waals surface area (Å²) in [7, 11) is -5.39. The minimum Gasteiger partial charge on any atom is -0.822 e. The molecule has 0 spiro atoms. The average Bonchev–Trinajstić information content (AvgIpc) is 0.722. The van der Waals surface area contributed by atoms with E-state index < -0.39 is 7.82 Å². The summed E-state index contributed by atoms with van der Waals surface area (Å²) in [4.78, 5) is 25.6. The maximum absolute atomic E-state index is 8.55. The normalized spacial score (nSPS) is 9.83. The van der Waals surface area contributed by atoms with Gasteiger partial charge in [-0.3, -0.25) is 0 Å². The molecule has 0 rings (SSSR count). The zero-order valence-corrected chi connectivity index (χ0v) is 5.60. The maximum Gasteiger partial charge on any atom is 3.00 e. The van der Waals surface area contributed by atoms with Gasteiger partial charge in [0.15, 0.2) is 0 Å². The zero-order valence-electron chi connectivity index (χ0n) is 2.43. The second-order valence-electron chi connectivity index (χ2n) is 0.447. The Morgan fingerprint density at radius 2 is 1.17 bits per heavy atom. The van der Waals surface area contributed by atoms with E-state index in [1.54, 1.807) is 0 Å². The molecule has 4 nitrogen and oxygen atoms in total. The fraction of sp³-hybridized carbons (Fsp3) is 0. The van der Waals surface area contributed by atoms with Crippen molar-refractivity contribution >= 4 is 7.82 Å². The Hall–Kier alpha value is 1.43. The van der Waals surface area contributed by atoms with Crippen molar-refractivity contribution in [2.24, 2.45) is 0 Å². The first-order valence-electron chi connectivity index (χ1n) is 0.730. The number of hydrogen-bond donors (Lipinski definition) is 0. The van der Waals surface area contributed by atoms with E-state index in [4.69, 9.17) is 19.2 Å². The molecule has 0 aliphatic rings. The standard InChI is InChI=1S/Gd.H3O4P/c;1-5(2,3)4/h;(H3,1,2,3,4)/q+3;/p-3. The quantitative estimate of drug-likeness (QED) is 0.435. The minimum atomic E-state index is -5.39. The molecule has 0 aromatic rings. The first-order valence-corrected chi connectivity index (χ1v) is 2.19. The molecule has 0 aromatic heterocycles. The predicted molar refractivity (Wildman–Crippen MR) is 7.61 cm³/mol. The van der Waals surface area contributed by atoms with Crippen molar-refractivity contribution in [3.8, 4) is 0 Å². The van der Waals surface area contributed by atoms with Crippen LogP contribution in [0.25, 0.3) is 0 Å². The predicted octanol–water partition coefficient (Wildman–Crippen LogP) is -2.82. The molecule has 37 valence electrons. The Morgan fingerprint density at radius 3 is 1.17 bits per heavy atom. The Labute approximate surface area is 66.5 Å².